The van der Waals surface area contributed by atoms with Crippen molar-refractivity contribution in [3.05, 3.63) is 48.0 Å². The molecule has 0 fully saturated rings. The van der Waals surface area contributed by atoms with Gasteiger partial charge in [-0.25, -0.2) is 5.06 Å². The normalized spacial score (nSPS) is 10.1. The third-order valence-electron chi connectivity index (χ3n) is 3.70. The molecule has 0 atom stereocenters. The first kappa shape index (κ1) is 20.1. The van der Waals surface area contributed by atoms with Gasteiger partial charge in [0.1, 0.15) is 5.75 Å². The molecule has 0 saturated heterocycles. The number of hydroxylamine groups is 2. The van der Waals surface area contributed by atoms with Crippen molar-refractivity contribution < 1.29 is 28.6 Å². The maximum absolute atomic E-state index is 12.1. The molecular formula is C19H22N2O6. The van der Waals surface area contributed by atoms with Crippen molar-refractivity contribution in [2.45, 2.75) is 0 Å². The Hall–Kier alpha value is -3.26. The Bertz CT molecular complexity index is 791. The van der Waals surface area contributed by atoms with Crippen molar-refractivity contribution in [1.29, 1.82) is 0 Å². The number of nitrogens with one attached hydrogen (secondary N) is 1. The number of rotatable bonds is 8. The lowest BCUT2D eigenvalue weighted by Gasteiger charge is -2.15. The van der Waals surface area contributed by atoms with Crippen LogP contribution in [0.3, 0.4) is 0 Å². The van der Waals surface area contributed by atoms with Gasteiger partial charge in [0.05, 0.1) is 21.3 Å². The van der Waals surface area contributed by atoms with Crippen LogP contribution in [0.2, 0.25) is 0 Å². The van der Waals surface area contributed by atoms with E-state index in [1.807, 2.05) is 0 Å². The van der Waals surface area contributed by atoms with Crippen LogP contribution in [0, 0.1) is 0 Å². The van der Waals surface area contributed by atoms with Gasteiger partial charge in [0.15, 0.2) is 18.1 Å². The molecule has 8 nitrogen and oxygen atoms in total. The summed E-state index contributed by atoms with van der Waals surface area (Å²) in [6.07, 6.45) is 0. The van der Waals surface area contributed by atoms with Gasteiger partial charge in [0.2, 0.25) is 0 Å². The molecule has 8 heteroatoms. The summed E-state index contributed by atoms with van der Waals surface area (Å²) in [6.45, 7) is -0.215. The summed E-state index contributed by atoms with van der Waals surface area (Å²) in [7, 11) is 5.92. The van der Waals surface area contributed by atoms with Gasteiger partial charge in [-0.1, -0.05) is 0 Å². The number of ether oxygens (including phenoxy) is 3. The maximum atomic E-state index is 12.1. The molecule has 0 saturated carbocycles. The minimum atomic E-state index is -0.334. The van der Waals surface area contributed by atoms with Crippen LogP contribution in [0.5, 0.6) is 17.2 Å². The number of carbonyl (C=O) groups excluding carboxylic acids is 2. The van der Waals surface area contributed by atoms with Gasteiger partial charge in [-0.05, 0) is 42.5 Å². The third kappa shape index (κ3) is 5.35. The Balaban J connectivity index is 1.99. The summed E-state index contributed by atoms with van der Waals surface area (Å²) in [6, 6.07) is 11.6. The SMILES string of the molecule is COc1ccc(NC(=O)COc2ccc(C(=O)N(C)OC)cc2OC)cc1. The van der Waals surface area contributed by atoms with Crippen LogP contribution in [0.25, 0.3) is 0 Å². The number of hydrogen-bond acceptors (Lipinski definition) is 6. The molecule has 1 N–H and O–H groups in total. The smallest absolute Gasteiger partial charge is 0.277 e. The minimum absolute atomic E-state index is 0.215. The second-order valence-corrected chi connectivity index (χ2v) is 5.42. The highest BCUT2D eigenvalue weighted by Crippen LogP contribution is 2.28. The van der Waals surface area contributed by atoms with Gasteiger partial charge in [0, 0.05) is 18.3 Å². The van der Waals surface area contributed by atoms with Crippen LogP contribution < -0.4 is 19.5 Å². The fraction of sp³-hybridized carbons (Fsp3) is 0.263. The molecule has 0 aliphatic heterocycles. The lowest BCUT2D eigenvalue weighted by atomic mass is 10.2. The molecule has 2 aromatic rings. The molecule has 0 bridgehead atoms. The Morgan fingerprint density at radius 1 is 0.963 bits per heavy atom. The molecule has 0 aliphatic rings. The number of hydrogen-bond donors (Lipinski definition) is 1. The summed E-state index contributed by atoms with van der Waals surface area (Å²) >= 11 is 0. The Labute approximate surface area is 157 Å². The maximum Gasteiger partial charge on any atom is 0.277 e. The van der Waals surface area contributed by atoms with Crippen molar-refractivity contribution in [3.63, 3.8) is 0 Å². The van der Waals surface area contributed by atoms with E-state index in [9.17, 15) is 9.59 Å². The van der Waals surface area contributed by atoms with Crippen molar-refractivity contribution >= 4 is 17.5 Å². The summed E-state index contributed by atoms with van der Waals surface area (Å²) in [4.78, 5) is 29.0. The first-order chi connectivity index (χ1) is 13.0. The summed E-state index contributed by atoms with van der Waals surface area (Å²) in [5.74, 6) is 0.713. The van der Waals surface area contributed by atoms with E-state index in [1.54, 1.807) is 43.5 Å². The molecule has 0 heterocycles. The van der Waals surface area contributed by atoms with E-state index in [0.717, 1.165) is 5.06 Å². The zero-order valence-corrected chi connectivity index (χ0v) is 15.6. The quantitative estimate of drug-likeness (QED) is 0.714. The number of nitrogens with zero attached hydrogens (tertiary/aromatic N) is 1. The van der Waals surface area contributed by atoms with Gasteiger partial charge in [-0.2, -0.15) is 0 Å². The van der Waals surface area contributed by atoms with E-state index in [4.69, 9.17) is 19.0 Å². The summed E-state index contributed by atoms with van der Waals surface area (Å²) in [5, 5.41) is 3.81. The zero-order valence-electron chi connectivity index (χ0n) is 15.6. The van der Waals surface area contributed by atoms with Crippen molar-refractivity contribution in [1.82, 2.24) is 5.06 Å². The molecule has 0 spiro atoms. The lowest BCUT2D eigenvalue weighted by molar-refractivity contribution is -0.118. The standard InChI is InChI=1S/C19H22N2O6/c1-21(26-4)19(23)13-5-10-16(17(11-13)25-3)27-12-18(22)20-14-6-8-15(24-2)9-7-14/h5-11H,12H2,1-4H3,(H,20,22). The Kier molecular flexibility index (Phi) is 7.01. The molecule has 0 unspecified atom stereocenters. The van der Waals surface area contributed by atoms with E-state index >= 15 is 0 Å². The topological polar surface area (TPSA) is 86.3 Å². The first-order valence-corrected chi connectivity index (χ1v) is 8.05. The van der Waals surface area contributed by atoms with Crippen LogP contribution in [0.1, 0.15) is 10.4 Å². The van der Waals surface area contributed by atoms with Gasteiger partial charge in [0.25, 0.3) is 11.8 Å². The predicted molar refractivity (Wildman–Crippen MR) is 99.2 cm³/mol. The minimum Gasteiger partial charge on any atom is -0.497 e. The van der Waals surface area contributed by atoms with Gasteiger partial charge in [-0.3, -0.25) is 14.4 Å². The average molecular weight is 374 g/mol. The molecule has 144 valence electrons. The lowest BCUT2D eigenvalue weighted by Crippen LogP contribution is -2.25. The van der Waals surface area contributed by atoms with Crippen LogP contribution in [-0.4, -0.2) is 51.9 Å². The molecule has 0 aliphatic carbocycles. The fourth-order valence-electron chi connectivity index (χ4n) is 2.20. The highest BCUT2D eigenvalue weighted by atomic mass is 16.7. The van der Waals surface area contributed by atoms with E-state index in [1.165, 1.54) is 27.3 Å². The number of methoxy groups -OCH3 is 2. The number of carbonyl (C=O) groups is 2. The number of benzene rings is 2. The average Bonchev–Trinajstić information content (AvgIpc) is 2.71. The van der Waals surface area contributed by atoms with E-state index in [2.05, 4.69) is 5.32 Å². The molecule has 2 amide bonds. The highest BCUT2D eigenvalue weighted by Gasteiger charge is 2.15. The van der Waals surface area contributed by atoms with E-state index in [0.29, 0.717) is 28.5 Å². The van der Waals surface area contributed by atoms with Gasteiger partial charge in [-0.15, -0.1) is 0 Å². The first-order valence-electron chi connectivity index (χ1n) is 8.05. The fourth-order valence-corrected chi connectivity index (χ4v) is 2.20. The highest BCUT2D eigenvalue weighted by molar-refractivity contribution is 5.94. The second kappa shape index (κ2) is 9.44. The van der Waals surface area contributed by atoms with Gasteiger partial charge >= 0.3 is 0 Å². The molecule has 0 aromatic heterocycles. The monoisotopic (exact) mass is 374 g/mol. The molecule has 2 aromatic carbocycles. The number of anilines is 1. The molecule has 0 radical (unpaired) electrons. The van der Waals surface area contributed by atoms with Crippen LogP contribution in [-0.2, 0) is 9.63 Å². The van der Waals surface area contributed by atoms with Gasteiger partial charge < -0.3 is 19.5 Å². The van der Waals surface area contributed by atoms with Crippen LogP contribution in [0.4, 0.5) is 5.69 Å². The number of amides is 2. The van der Waals surface area contributed by atoms with Crippen molar-refractivity contribution in [2.24, 2.45) is 0 Å². The van der Waals surface area contributed by atoms with E-state index in [-0.39, 0.29) is 18.4 Å². The van der Waals surface area contributed by atoms with Crippen molar-refractivity contribution in [2.75, 3.05) is 40.3 Å². The largest absolute Gasteiger partial charge is 0.497 e. The Morgan fingerprint density at radius 3 is 2.26 bits per heavy atom. The van der Waals surface area contributed by atoms with Crippen molar-refractivity contribution in [3.8, 4) is 17.2 Å². The molecular weight excluding hydrogens is 352 g/mol. The zero-order chi connectivity index (χ0) is 19.8. The summed E-state index contributed by atoms with van der Waals surface area (Å²) in [5.41, 5.74) is 0.992. The Morgan fingerprint density at radius 2 is 1.67 bits per heavy atom. The van der Waals surface area contributed by atoms with Crippen LogP contribution in [0.15, 0.2) is 42.5 Å². The summed E-state index contributed by atoms with van der Waals surface area (Å²) < 4.78 is 15.8. The third-order valence-corrected chi connectivity index (χ3v) is 3.70. The predicted octanol–water partition coefficient (Wildman–Crippen LogP) is 2.35. The molecule has 2 rings (SSSR count). The van der Waals surface area contributed by atoms with E-state index < -0.39 is 0 Å². The second-order valence-electron chi connectivity index (χ2n) is 5.42. The molecule has 27 heavy (non-hydrogen) atoms. The van der Waals surface area contributed by atoms with Crippen LogP contribution >= 0.6 is 0 Å².